The summed E-state index contributed by atoms with van der Waals surface area (Å²) >= 11 is 5.38. The van der Waals surface area contributed by atoms with Gasteiger partial charge in [-0.25, -0.2) is 4.79 Å². The number of halogens is 1. The van der Waals surface area contributed by atoms with Gasteiger partial charge in [0.1, 0.15) is 11.6 Å². The second-order valence-corrected chi connectivity index (χ2v) is 3.65. The number of nitrogens with one attached hydrogen (secondary N) is 1. The van der Waals surface area contributed by atoms with E-state index in [1.807, 2.05) is 6.07 Å². The highest BCUT2D eigenvalue weighted by atomic mass is 35.5. The van der Waals surface area contributed by atoms with Gasteiger partial charge in [-0.3, -0.25) is 4.79 Å². The SMILES string of the molecule is COC(=O)COc1ccccc1CNC(=O)CCl. The first-order valence-electron chi connectivity index (χ1n) is 5.27. The van der Waals surface area contributed by atoms with Gasteiger partial charge in [0, 0.05) is 12.1 Å². The maximum absolute atomic E-state index is 11.1. The standard InChI is InChI=1S/C12H14ClNO4/c1-17-12(16)8-18-10-5-3-2-4-9(10)7-14-11(15)6-13/h2-5H,6-8H2,1H3,(H,14,15). The highest BCUT2D eigenvalue weighted by Crippen LogP contribution is 2.17. The Labute approximate surface area is 110 Å². The van der Waals surface area contributed by atoms with E-state index in [1.165, 1.54) is 7.11 Å². The van der Waals surface area contributed by atoms with Gasteiger partial charge in [-0.05, 0) is 6.07 Å². The van der Waals surface area contributed by atoms with Crippen LogP contribution in [0.25, 0.3) is 0 Å². The van der Waals surface area contributed by atoms with Crippen molar-refractivity contribution in [2.45, 2.75) is 6.54 Å². The van der Waals surface area contributed by atoms with Crippen LogP contribution >= 0.6 is 11.6 Å². The maximum Gasteiger partial charge on any atom is 0.343 e. The van der Waals surface area contributed by atoms with E-state index in [0.717, 1.165) is 5.56 Å². The van der Waals surface area contributed by atoms with Crippen molar-refractivity contribution in [1.29, 1.82) is 0 Å². The summed E-state index contributed by atoms with van der Waals surface area (Å²) in [5.74, 6) is -0.294. The van der Waals surface area contributed by atoms with Gasteiger partial charge in [0.05, 0.1) is 7.11 Å². The summed E-state index contributed by atoms with van der Waals surface area (Å²) in [6, 6.07) is 7.10. The molecule has 0 fully saturated rings. The van der Waals surface area contributed by atoms with Crippen LogP contribution in [0.1, 0.15) is 5.56 Å². The smallest absolute Gasteiger partial charge is 0.343 e. The molecule has 1 amide bonds. The Morgan fingerprint density at radius 1 is 1.33 bits per heavy atom. The molecule has 0 unspecified atom stereocenters. The van der Waals surface area contributed by atoms with Crippen LogP contribution < -0.4 is 10.1 Å². The summed E-state index contributed by atoms with van der Waals surface area (Å²) in [5.41, 5.74) is 0.764. The van der Waals surface area contributed by atoms with Crippen LogP contribution in [-0.2, 0) is 20.9 Å². The maximum atomic E-state index is 11.1. The van der Waals surface area contributed by atoms with Crippen LogP contribution in [-0.4, -0.2) is 31.5 Å². The average Bonchev–Trinajstić information content (AvgIpc) is 2.42. The highest BCUT2D eigenvalue weighted by molar-refractivity contribution is 6.27. The van der Waals surface area contributed by atoms with Crippen molar-refractivity contribution in [2.24, 2.45) is 0 Å². The van der Waals surface area contributed by atoms with Gasteiger partial charge >= 0.3 is 5.97 Å². The number of benzene rings is 1. The van der Waals surface area contributed by atoms with E-state index in [2.05, 4.69) is 10.1 Å². The first kappa shape index (κ1) is 14.3. The molecule has 5 nitrogen and oxygen atoms in total. The van der Waals surface area contributed by atoms with Crippen LogP contribution in [0.4, 0.5) is 0 Å². The fourth-order valence-electron chi connectivity index (χ4n) is 1.23. The van der Waals surface area contributed by atoms with Crippen molar-refractivity contribution in [3.8, 4) is 5.75 Å². The average molecular weight is 272 g/mol. The van der Waals surface area contributed by atoms with Gasteiger partial charge in [-0.1, -0.05) is 18.2 Å². The molecule has 0 spiro atoms. The van der Waals surface area contributed by atoms with E-state index in [1.54, 1.807) is 18.2 Å². The number of alkyl halides is 1. The summed E-state index contributed by atoms with van der Waals surface area (Å²) in [5, 5.41) is 2.62. The van der Waals surface area contributed by atoms with Crippen molar-refractivity contribution in [3.63, 3.8) is 0 Å². The molecule has 1 aromatic carbocycles. The zero-order valence-electron chi connectivity index (χ0n) is 9.94. The Bertz CT molecular complexity index is 383. The van der Waals surface area contributed by atoms with Gasteiger partial charge in [-0.2, -0.15) is 0 Å². The molecule has 6 heteroatoms. The van der Waals surface area contributed by atoms with E-state index >= 15 is 0 Å². The summed E-state index contributed by atoms with van der Waals surface area (Å²) in [7, 11) is 1.29. The zero-order valence-corrected chi connectivity index (χ0v) is 10.7. The predicted molar refractivity (Wildman–Crippen MR) is 66.5 cm³/mol. The fraction of sp³-hybridized carbons (Fsp3) is 0.333. The van der Waals surface area contributed by atoms with Gasteiger partial charge in [-0.15, -0.1) is 11.6 Å². The molecule has 0 saturated carbocycles. The largest absolute Gasteiger partial charge is 0.482 e. The zero-order chi connectivity index (χ0) is 13.4. The minimum atomic E-state index is -0.463. The molecule has 1 rings (SSSR count). The number of carbonyl (C=O) groups is 2. The fourth-order valence-corrected chi connectivity index (χ4v) is 1.32. The second kappa shape index (κ2) is 7.55. The third-order valence-corrected chi connectivity index (χ3v) is 2.39. The number of esters is 1. The first-order valence-corrected chi connectivity index (χ1v) is 5.81. The summed E-state index contributed by atoms with van der Waals surface area (Å²) in [6.07, 6.45) is 0. The quantitative estimate of drug-likeness (QED) is 0.621. The van der Waals surface area contributed by atoms with E-state index in [-0.39, 0.29) is 18.4 Å². The van der Waals surface area contributed by atoms with Crippen molar-refractivity contribution < 1.29 is 19.1 Å². The Kier molecular flexibility index (Phi) is 6.00. The summed E-state index contributed by atoms with van der Waals surface area (Å²) in [6.45, 7) is 0.125. The van der Waals surface area contributed by atoms with Gasteiger partial charge < -0.3 is 14.8 Å². The van der Waals surface area contributed by atoms with E-state index in [9.17, 15) is 9.59 Å². The molecular formula is C12H14ClNO4. The van der Waals surface area contributed by atoms with Gasteiger partial charge in [0.25, 0.3) is 0 Å². The number of ether oxygens (including phenoxy) is 2. The lowest BCUT2D eigenvalue weighted by molar-refractivity contribution is -0.142. The van der Waals surface area contributed by atoms with Crippen molar-refractivity contribution >= 4 is 23.5 Å². The number of rotatable bonds is 6. The number of carbonyl (C=O) groups excluding carboxylic acids is 2. The molecule has 0 aliphatic carbocycles. The molecular weight excluding hydrogens is 258 g/mol. The molecule has 0 aliphatic heterocycles. The van der Waals surface area contributed by atoms with Crippen molar-refractivity contribution in [3.05, 3.63) is 29.8 Å². The molecule has 98 valence electrons. The Morgan fingerprint density at radius 3 is 2.72 bits per heavy atom. The summed E-state index contributed by atoms with van der Waals surface area (Å²) in [4.78, 5) is 22.0. The van der Waals surface area contributed by atoms with Crippen LogP contribution in [0.3, 0.4) is 0 Å². The molecule has 1 N–H and O–H groups in total. The van der Waals surface area contributed by atoms with Gasteiger partial charge in [0.15, 0.2) is 6.61 Å². The number of hydrogen-bond donors (Lipinski definition) is 1. The van der Waals surface area contributed by atoms with E-state index in [4.69, 9.17) is 16.3 Å². The Hall–Kier alpha value is -1.75. The predicted octanol–water partition coefficient (Wildman–Crippen LogP) is 1.09. The highest BCUT2D eigenvalue weighted by Gasteiger charge is 2.07. The minimum absolute atomic E-state index is 0.0921. The van der Waals surface area contributed by atoms with Crippen LogP contribution in [0.15, 0.2) is 24.3 Å². The molecule has 0 aromatic heterocycles. The molecule has 0 bridgehead atoms. The number of hydrogen-bond acceptors (Lipinski definition) is 4. The Morgan fingerprint density at radius 2 is 2.06 bits per heavy atom. The second-order valence-electron chi connectivity index (χ2n) is 3.38. The Balaban J connectivity index is 2.61. The molecule has 1 aromatic rings. The van der Waals surface area contributed by atoms with Crippen molar-refractivity contribution in [1.82, 2.24) is 5.32 Å². The topological polar surface area (TPSA) is 64.6 Å². The van der Waals surface area contributed by atoms with Gasteiger partial charge in [0.2, 0.25) is 5.91 Å². The first-order chi connectivity index (χ1) is 8.67. The minimum Gasteiger partial charge on any atom is -0.482 e. The third kappa shape index (κ3) is 4.63. The summed E-state index contributed by atoms with van der Waals surface area (Å²) < 4.78 is 9.77. The van der Waals surface area contributed by atoms with Crippen LogP contribution in [0, 0.1) is 0 Å². The van der Waals surface area contributed by atoms with E-state index < -0.39 is 5.97 Å². The molecule has 0 saturated heterocycles. The molecule has 0 atom stereocenters. The molecule has 0 heterocycles. The number of methoxy groups -OCH3 is 1. The number of amides is 1. The lowest BCUT2D eigenvalue weighted by Crippen LogP contribution is -2.24. The lowest BCUT2D eigenvalue weighted by atomic mass is 10.2. The monoisotopic (exact) mass is 271 g/mol. The molecule has 0 aliphatic rings. The van der Waals surface area contributed by atoms with Crippen LogP contribution in [0.5, 0.6) is 5.75 Å². The van der Waals surface area contributed by atoms with E-state index in [0.29, 0.717) is 12.3 Å². The third-order valence-electron chi connectivity index (χ3n) is 2.14. The van der Waals surface area contributed by atoms with Crippen molar-refractivity contribution in [2.75, 3.05) is 19.6 Å². The lowest BCUT2D eigenvalue weighted by Gasteiger charge is -2.10. The number of para-hydroxylation sites is 1. The molecule has 0 radical (unpaired) electrons. The normalized spacial score (nSPS) is 9.67. The van der Waals surface area contributed by atoms with Crippen LogP contribution in [0.2, 0.25) is 0 Å². The molecule has 18 heavy (non-hydrogen) atoms.